The predicted molar refractivity (Wildman–Crippen MR) is 76.9 cm³/mol. The van der Waals surface area contributed by atoms with Gasteiger partial charge in [0.15, 0.2) is 0 Å². The Balaban J connectivity index is 0. The molecule has 3 heteroatoms. The standard InChI is InChI=1S/C10H14O.C3H6.C2H6O2/c1-2-3-9-11-10-7-5-4-6-8-10;1-3-2;3-1-2-4/h4-8H,2-3,9H2,1H3;3H,1H2,2H3;3-4H,1-2H2. The maximum absolute atomic E-state index is 7.62. The second-order valence-corrected chi connectivity index (χ2v) is 3.37. The van der Waals surface area contributed by atoms with Gasteiger partial charge < -0.3 is 14.9 Å². The van der Waals surface area contributed by atoms with Crippen LogP contribution in [0.4, 0.5) is 0 Å². The Bertz CT molecular complexity index is 245. The summed E-state index contributed by atoms with van der Waals surface area (Å²) in [6.07, 6.45) is 4.07. The van der Waals surface area contributed by atoms with Gasteiger partial charge in [-0.1, -0.05) is 37.6 Å². The average molecular weight is 254 g/mol. The van der Waals surface area contributed by atoms with Crippen molar-refractivity contribution in [3.8, 4) is 5.75 Å². The number of ether oxygens (including phenoxy) is 1. The largest absolute Gasteiger partial charge is 0.494 e. The lowest BCUT2D eigenvalue weighted by Gasteiger charge is -2.03. The monoisotopic (exact) mass is 254 g/mol. The third kappa shape index (κ3) is 17.1. The summed E-state index contributed by atoms with van der Waals surface area (Å²) in [5.41, 5.74) is 0. The normalized spacial score (nSPS) is 8.22. The molecule has 0 amide bonds. The summed E-state index contributed by atoms with van der Waals surface area (Å²) >= 11 is 0. The molecule has 0 radical (unpaired) electrons. The molecule has 1 aromatic carbocycles. The Morgan fingerprint density at radius 3 is 2.06 bits per heavy atom. The lowest BCUT2D eigenvalue weighted by molar-refractivity contribution is 0.186. The Hall–Kier alpha value is -1.32. The zero-order valence-electron chi connectivity index (χ0n) is 11.5. The number of unbranched alkanes of at least 4 members (excludes halogenated alkanes) is 1. The summed E-state index contributed by atoms with van der Waals surface area (Å²) in [5.74, 6) is 0.973. The van der Waals surface area contributed by atoms with E-state index in [9.17, 15) is 0 Å². The first-order valence-corrected chi connectivity index (χ1v) is 6.23. The molecule has 104 valence electrons. The maximum atomic E-state index is 7.62. The van der Waals surface area contributed by atoms with Gasteiger partial charge >= 0.3 is 0 Å². The predicted octanol–water partition coefficient (Wildman–Crippen LogP) is 3.03. The Labute approximate surface area is 111 Å². The van der Waals surface area contributed by atoms with Crippen LogP contribution in [0.5, 0.6) is 5.75 Å². The zero-order chi connectivity index (χ0) is 14.1. The summed E-state index contributed by atoms with van der Waals surface area (Å²) in [6.45, 7) is 7.99. The van der Waals surface area contributed by atoms with Gasteiger partial charge in [0.25, 0.3) is 0 Å². The molecule has 0 saturated heterocycles. The number of aliphatic hydroxyl groups is 2. The van der Waals surface area contributed by atoms with E-state index >= 15 is 0 Å². The van der Waals surface area contributed by atoms with Crippen LogP contribution in [0.3, 0.4) is 0 Å². The molecule has 0 aliphatic carbocycles. The molecule has 0 unspecified atom stereocenters. The highest BCUT2D eigenvalue weighted by atomic mass is 16.5. The van der Waals surface area contributed by atoms with Crippen LogP contribution in [0.1, 0.15) is 26.7 Å². The number of hydrogen-bond donors (Lipinski definition) is 2. The van der Waals surface area contributed by atoms with E-state index in [1.165, 1.54) is 6.42 Å². The first-order chi connectivity index (χ1) is 8.76. The summed E-state index contributed by atoms with van der Waals surface area (Å²) in [4.78, 5) is 0. The topological polar surface area (TPSA) is 49.7 Å². The van der Waals surface area contributed by atoms with Crippen LogP contribution in [0.25, 0.3) is 0 Å². The molecular weight excluding hydrogens is 228 g/mol. The molecule has 0 saturated carbocycles. The number of hydrogen-bond acceptors (Lipinski definition) is 3. The number of allylic oxidation sites excluding steroid dienone is 1. The van der Waals surface area contributed by atoms with Crippen LogP contribution < -0.4 is 4.74 Å². The van der Waals surface area contributed by atoms with E-state index in [2.05, 4.69) is 13.5 Å². The average Bonchev–Trinajstić information content (AvgIpc) is 2.41. The van der Waals surface area contributed by atoms with Gasteiger partial charge in [0.05, 0.1) is 19.8 Å². The summed E-state index contributed by atoms with van der Waals surface area (Å²) < 4.78 is 5.45. The van der Waals surface area contributed by atoms with Crippen LogP contribution in [0.15, 0.2) is 43.0 Å². The van der Waals surface area contributed by atoms with Gasteiger partial charge in [-0.25, -0.2) is 0 Å². The van der Waals surface area contributed by atoms with Crippen LogP contribution in [0, 0.1) is 0 Å². The third-order valence-corrected chi connectivity index (χ3v) is 1.61. The summed E-state index contributed by atoms with van der Waals surface area (Å²) in [7, 11) is 0. The van der Waals surface area contributed by atoms with Gasteiger partial charge in [0, 0.05) is 0 Å². The highest BCUT2D eigenvalue weighted by molar-refractivity contribution is 5.20. The minimum absolute atomic E-state index is 0.125. The van der Waals surface area contributed by atoms with Crippen molar-refractivity contribution >= 4 is 0 Å². The van der Waals surface area contributed by atoms with Gasteiger partial charge in [-0.3, -0.25) is 0 Å². The highest BCUT2D eigenvalue weighted by Gasteiger charge is 1.88. The molecule has 0 fully saturated rings. The highest BCUT2D eigenvalue weighted by Crippen LogP contribution is 2.08. The van der Waals surface area contributed by atoms with Crippen LogP contribution in [-0.4, -0.2) is 30.0 Å². The second kappa shape index (κ2) is 18.1. The molecule has 0 aliphatic rings. The van der Waals surface area contributed by atoms with Crippen molar-refractivity contribution in [1.82, 2.24) is 0 Å². The molecule has 0 spiro atoms. The van der Waals surface area contributed by atoms with E-state index in [0.717, 1.165) is 18.8 Å². The quantitative estimate of drug-likeness (QED) is 0.627. The molecule has 1 rings (SSSR count). The maximum Gasteiger partial charge on any atom is 0.119 e. The molecule has 0 aromatic heterocycles. The number of aliphatic hydroxyl groups excluding tert-OH is 2. The molecule has 18 heavy (non-hydrogen) atoms. The van der Waals surface area contributed by atoms with Crippen molar-refractivity contribution in [2.24, 2.45) is 0 Å². The van der Waals surface area contributed by atoms with E-state index in [-0.39, 0.29) is 13.2 Å². The van der Waals surface area contributed by atoms with Gasteiger partial charge in [-0.2, -0.15) is 0 Å². The molecular formula is C15H26O3. The minimum atomic E-state index is -0.125. The summed E-state index contributed by atoms with van der Waals surface area (Å²) in [5, 5.41) is 15.2. The van der Waals surface area contributed by atoms with E-state index < -0.39 is 0 Å². The fraction of sp³-hybridized carbons (Fsp3) is 0.467. The molecule has 0 atom stereocenters. The van der Waals surface area contributed by atoms with E-state index in [4.69, 9.17) is 14.9 Å². The van der Waals surface area contributed by atoms with Crippen molar-refractivity contribution in [3.05, 3.63) is 43.0 Å². The van der Waals surface area contributed by atoms with Crippen LogP contribution in [0.2, 0.25) is 0 Å². The Morgan fingerprint density at radius 2 is 1.67 bits per heavy atom. The molecule has 2 N–H and O–H groups in total. The van der Waals surface area contributed by atoms with Crippen molar-refractivity contribution in [2.45, 2.75) is 26.7 Å². The van der Waals surface area contributed by atoms with Gasteiger partial charge in [0.2, 0.25) is 0 Å². The van der Waals surface area contributed by atoms with Crippen LogP contribution in [-0.2, 0) is 0 Å². The number of rotatable bonds is 5. The van der Waals surface area contributed by atoms with Gasteiger partial charge in [-0.15, -0.1) is 6.58 Å². The molecule has 0 bridgehead atoms. The fourth-order valence-electron chi connectivity index (χ4n) is 0.851. The van der Waals surface area contributed by atoms with E-state index in [0.29, 0.717) is 0 Å². The SMILES string of the molecule is C=CC.CCCCOc1ccccc1.OCCO. The second-order valence-electron chi connectivity index (χ2n) is 3.37. The van der Waals surface area contributed by atoms with Crippen molar-refractivity contribution in [1.29, 1.82) is 0 Å². The Kier molecular flexibility index (Phi) is 19.1. The molecule has 3 nitrogen and oxygen atoms in total. The van der Waals surface area contributed by atoms with Crippen molar-refractivity contribution < 1.29 is 14.9 Å². The van der Waals surface area contributed by atoms with Gasteiger partial charge in [0.1, 0.15) is 5.75 Å². The fourth-order valence-corrected chi connectivity index (χ4v) is 0.851. The van der Waals surface area contributed by atoms with Gasteiger partial charge in [-0.05, 0) is 25.5 Å². The Morgan fingerprint density at radius 1 is 1.17 bits per heavy atom. The first kappa shape index (κ1) is 19.0. The first-order valence-electron chi connectivity index (χ1n) is 6.23. The smallest absolute Gasteiger partial charge is 0.119 e. The minimum Gasteiger partial charge on any atom is -0.494 e. The summed E-state index contributed by atoms with van der Waals surface area (Å²) in [6, 6.07) is 9.93. The third-order valence-electron chi connectivity index (χ3n) is 1.61. The van der Waals surface area contributed by atoms with Crippen molar-refractivity contribution in [3.63, 3.8) is 0 Å². The molecule has 0 aliphatic heterocycles. The lowest BCUT2D eigenvalue weighted by Crippen LogP contribution is -1.95. The van der Waals surface area contributed by atoms with Crippen molar-refractivity contribution in [2.75, 3.05) is 19.8 Å². The number of para-hydroxylation sites is 1. The van der Waals surface area contributed by atoms with Crippen LogP contribution >= 0.6 is 0 Å². The lowest BCUT2D eigenvalue weighted by atomic mass is 10.3. The zero-order valence-corrected chi connectivity index (χ0v) is 11.5. The van der Waals surface area contributed by atoms with E-state index in [1.807, 2.05) is 37.3 Å². The number of benzene rings is 1. The molecule has 0 heterocycles. The van der Waals surface area contributed by atoms with E-state index in [1.54, 1.807) is 6.08 Å². The molecule has 1 aromatic rings.